The molecule has 116 valence electrons. The van der Waals surface area contributed by atoms with E-state index in [1.54, 1.807) is 30.3 Å². The first-order valence-corrected chi connectivity index (χ1v) is 6.45. The number of carbonyl (C=O) groups is 2. The highest BCUT2D eigenvalue weighted by atomic mass is 16.4. The second-order valence-electron chi connectivity index (χ2n) is 4.37. The minimum absolute atomic E-state index is 0.00870. The van der Waals surface area contributed by atoms with Gasteiger partial charge in [-0.1, -0.05) is 24.3 Å². The van der Waals surface area contributed by atoms with E-state index in [-0.39, 0.29) is 17.1 Å². The van der Waals surface area contributed by atoms with Gasteiger partial charge >= 0.3 is 11.9 Å². The smallest absolute Gasteiger partial charge is 0.354 e. The van der Waals surface area contributed by atoms with Crippen LogP contribution < -0.4 is 0 Å². The Labute approximate surface area is 130 Å². The molecule has 0 saturated heterocycles. The van der Waals surface area contributed by atoms with Crippen LogP contribution in [-0.4, -0.2) is 37.2 Å². The first kappa shape index (κ1) is 15.9. The molecule has 0 atom stereocenters. The molecule has 7 heteroatoms. The number of hydrogen-bond donors (Lipinski definition) is 3. The van der Waals surface area contributed by atoms with Crippen LogP contribution in [0.25, 0.3) is 10.9 Å². The molecule has 7 nitrogen and oxygen atoms in total. The van der Waals surface area contributed by atoms with E-state index in [0.717, 1.165) is 5.39 Å². The molecule has 0 spiro atoms. The number of aromatic carboxylic acids is 2. The van der Waals surface area contributed by atoms with Gasteiger partial charge < -0.3 is 15.3 Å². The lowest BCUT2D eigenvalue weighted by molar-refractivity contribution is 0.0680. The van der Waals surface area contributed by atoms with Crippen molar-refractivity contribution >= 4 is 22.8 Å². The van der Waals surface area contributed by atoms with Crippen molar-refractivity contribution in [1.82, 2.24) is 9.97 Å². The Morgan fingerprint density at radius 3 is 2.13 bits per heavy atom. The highest BCUT2D eigenvalue weighted by Gasteiger charge is 2.07. The van der Waals surface area contributed by atoms with Crippen LogP contribution in [0, 0.1) is 0 Å². The molecular formula is C16H12N2O5. The van der Waals surface area contributed by atoms with Crippen LogP contribution in [0.1, 0.15) is 21.0 Å². The molecule has 0 amide bonds. The van der Waals surface area contributed by atoms with Crippen LogP contribution in [0.3, 0.4) is 0 Å². The van der Waals surface area contributed by atoms with E-state index in [4.69, 9.17) is 10.2 Å². The van der Waals surface area contributed by atoms with Crippen molar-refractivity contribution in [2.24, 2.45) is 0 Å². The Balaban J connectivity index is 0.000000185. The van der Waals surface area contributed by atoms with Gasteiger partial charge in [-0.05, 0) is 24.3 Å². The van der Waals surface area contributed by atoms with Gasteiger partial charge in [-0.3, -0.25) is 0 Å². The molecule has 0 aliphatic rings. The second kappa shape index (κ2) is 6.99. The molecule has 0 aliphatic carbocycles. The minimum atomic E-state index is -1.10. The van der Waals surface area contributed by atoms with E-state index >= 15 is 0 Å². The van der Waals surface area contributed by atoms with Crippen LogP contribution in [0.4, 0.5) is 0 Å². The SMILES string of the molecule is O=C(O)c1ccc2cccc(O)c2n1.O=C(O)c1ccccn1. The monoisotopic (exact) mass is 312 g/mol. The molecule has 0 unspecified atom stereocenters. The Morgan fingerprint density at radius 1 is 0.826 bits per heavy atom. The molecule has 2 aromatic heterocycles. The Morgan fingerprint density at radius 2 is 1.57 bits per heavy atom. The molecule has 2 heterocycles. The molecule has 0 radical (unpaired) electrons. The Bertz CT molecular complexity index is 849. The number of phenolic OH excluding ortho intramolecular Hbond substituents is 1. The van der Waals surface area contributed by atoms with Crippen LogP contribution in [0.2, 0.25) is 0 Å². The number of hydrogen-bond acceptors (Lipinski definition) is 5. The fourth-order valence-electron chi connectivity index (χ4n) is 1.74. The van der Waals surface area contributed by atoms with Crippen molar-refractivity contribution in [1.29, 1.82) is 0 Å². The molecule has 0 aliphatic heterocycles. The zero-order valence-electron chi connectivity index (χ0n) is 11.7. The summed E-state index contributed by atoms with van der Waals surface area (Å²) >= 11 is 0. The van der Waals surface area contributed by atoms with Crippen molar-refractivity contribution in [3.8, 4) is 5.75 Å². The van der Waals surface area contributed by atoms with Crippen molar-refractivity contribution in [2.75, 3.05) is 0 Å². The summed E-state index contributed by atoms with van der Waals surface area (Å²) in [6.07, 6.45) is 1.45. The maximum Gasteiger partial charge on any atom is 0.354 e. The van der Waals surface area contributed by atoms with Crippen molar-refractivity contribution in [3.05, 3.63) is 66.1 Å². The minimum Gasteiger partial charge on any atom is -0.506 e. The van der Waals surface area contributed by atoms with Gasteiger partial charge in [0.1, 0.15) is 22.7 Å². The summed E-state index contributed by atoms with van der Waals surface area (Å²) < 4.78 is 0. The molecule has 1 aromatic carbocycles. The third kappa shape index (κ3) is 4.01. The lowest BCUT2D eigenvalue weighted by atomic mass is 10.2. The number of rotatable bonds is 2. The summed E-state index contributed by atoms with van der Waals surface area (Å²) in [5.74, 6) is -2.10. The van der Waals surface area contributed by atoms with Gasteiger partial charge in [0.25, 0.3) is 0 Å². The lowest BCUT2D eigenvalue weighted by Gasteiger charge is -2.00. The number of fused-ring (bicyclic) bond motifs is 1. The van der Waals surface area contributed by atoms with E-state index in [1.807, 2.05) is 0 Å². The van der Waals surface area contributed by atoms with E-state index in [2.05, 4.69) is 9.97 Å². The summed E-state index contributed by atoms with van der Waals surface area (Å²) in [4.78, 5) is 28.2. The number of phenols is 1. The molecule has 0 fully saturated rings. The van der Waals surface area contributed by atoms with Crippen LogP contribution in [-0.2, 0) is 0 Å². The molecule has 23 heavy (non-hydrogen) atoms. The molecule has 3 N–H and O–H groups in total. The fourth-order valence-corrected chi connectivity index (χ4v) is 1.74. The highest BCUT2D eigenvalue weighted by Crippen LogP contribution is 2.22. The Kier molecular flexibility index (Phi) is 4.83. The molecular weight excluding hydrogens is 300 g/mol. The van der Waals surface area contributed by atoms with Gasteiger partial charge in [0.05, 0.1) is 0 Å². The Hall–Kier alpha value is -3.48. The van der Waals surface area contributed by atoms with Gasteiger partial charge in [0, 0.05) is 11.6 Å². The summed E-state index contributed by atoms with van der Waals surface area (Å²) in [5.41, 5.74) is 0.323. The number of aromatic nitrogens is 2. The number of para-hydroxylation sites is 1. The fraction of sp³-hybridized carbons (Fsp3) is 0. The van der Waals surface area contributed by atoms with Gasteiger partial charge in [-0.25, -0.2) is 19.6 Å². The second-order valence-corrected chi connectivity index (χ2v) is 4.37. The predicted molar refractivity (Wildman–Crippen MR) is 81.6 cm³/mol. The summed E-state index contributed by atoms with van der Waals surface area (Å²) in [7, 11) is 0. The molecule has 3 rings (SSSR count). The molecule has 0 bridgehead atoms. The van der Waals surface area contributed by atoms with E-state index in [9.17, 15) is 14.7 Å². The molecule has 3 aromatic rings. The average Bonchev–Trinajstić information content (AvgIpc) is 2.56. The van der Waals surface area contributed by atoms with Crippen LogP contribution in [0.15, 0.2) is 54.7 Å². The third-order valence-corrected chi connectivity index (χ3v) is 2.80. The maximum absolute atomic E-state index is 10.6. The molecule has 0 saturated carbocycles. The number of benzene rings is 1. The van der Waals surface area contributed by atoms with Crippen LogP contribution >= 0.6 is 0 Å². The summed E-state index contributed by atoms with van der Waals surface area (Å²) in [6, 6.07) is 12.7. The van der Waals surface area contributed by atoms with Crippen molar-refractivity contribution in [2.45, 2.75) is 0 Å². The van der Waals surface area contributed by atoms with Crippen molar-refractivity contribution < 1.29 is 24.9 Å². The number of pyridine rings is 2. The first-order chi connectivity index (χ1) is 11.0. The zero-order valence-corrected chi connectivity index (χ0v) is 11.7. The highest BCUT2D eigenvalue weighted by molar-refractivity contribution is 5.91. The van der Waals surface area contributed by atoms with Gasteiger partial charge in [-0.2, -0.15) is 0 Å². The average molecular weight is 312 g/mol. The number of aromatic hydroxyl groups is 1. The number of nitrogens with zero attached hydrogens (tertiary/aromatic N) is 2. The summed E-state index contributed by atoms with van der Waals surface area (Å²) in [5, 5.41) is 27.2. The largest absolute Gasteiger partial charge is 0.506 e. The zero-order chi connectivity index (χ0) is 16.8. The van der Waals surface area contributed by atoms with E-state index in [0.29, 0.717) is 5.52 Å². The normalized spacial score (nSPS) is 9.74. The van der Waals surface area contributed by atoms with E-state index in [1.165, 1.54) is 24.4 Å². The third-order valence-electron chi connectivity index (χ3n) is 2.80. The predicted octanol–water partition coefficient (Wildman–Crippen LogP) is 2.42. The summed E-state index contributed by atoms with van der Waals surface area (Å²) in [6.45, 7) is 0. The van der Waals surface area contributed by atoms with Crippen molar-refractivity contribution in [3.63, 3.8) is 0 Å². The van der Waals surface area contributed by atoms with Gasteiger partial charge in [0.2, 0.25) is 0 Å². The number of carboxylic acid groups (broad SMARTS) is 2. The topological polar surface area (TPSA) is 121 Å². The first-order valence-electron chi connectivity index (χ1n) is 6.45. The van der Waals surface area contributed by atoms with Crippen LogP contribution in [0.5, 0.6) is 5.75 Å². The quantitative estimate of drug-likeness (QED) is 0.664. The van der Waals surface area contributed by atoms with Gasteiger partial charge in [0.15, 0.2) is 0 Å². The maximum atomic E-state index is 10.6. The number of carboxylic acids is 2. The lowest BCUT2D eigenvalue weighted by Crippen LogP contribution is -1.99. The standard InChI is InChI=1S/C10H7NO3.C6H5NO2/c12-8-3-1-2-6-4-5-7(10(13)14)11-9(6)8;8-6(9)5-3-1-2-4-7-5/h1-5,12H,(H,13,14);1-4H,(H,8,9). The van der Waals surface area contributed by atoms with E-state index < -0.39 is 11.9 Å². The van der Waals surface area contributed by atoms with Gasteiger partial charge in [-0.15, -0.1) is 0 Å².